The Morgan fingerprint density at radius 3 is 2.24 bits per heavy atom. The molecule has 258 valence electrons. The van der Waals surface area contributed by atoms with Gasteiger partial charge in [-0.1, -0.05) is 5.21 Å². The minimum absolute atomic E-state index is 0.00257. The highest BCUT2D eigenvalue weighted by molar-refractivity contribution is 5.97. The van der Waals surface area contributed by atoms with Gasteiger partial charge in [-0.3, -0.25) is 19.2 Å². The van der Waals surface area contributed by atoms with E-state index in [-0.39, 0.29) is 32.6 Å². The molecule has 0 aromatic carbocycles. The number of aromatic nitrogens is 3. The molecule has 46 heavy (non-hydrogen) atoms. The molecule has 1 unspecified atom stereocenters. The van der Waals surface area contributed by atoms with Crippen molar-refractivity contribution in [3.05, 3.63) is 11.9 Å². The summed E-state index contributed by atoms with van der Waals surface area (Å²) in [4.78, 5) is 78.4. The van der Waals surface area contributed by atoms with Crippen LogP contribution in [-0.4, -0.2) is 99.2 Å². The highest BCUT2D eigenvalue weighted by atomic mass is 16.6. The maximum Gasteiger partial charge on any atom is 0.408 e. The number of methoxy groups -OCH3 is 1. The molecule has 2 bridgehead atoms. The van der Waals surface area contributed by atoms with Gasteiger partial charge < -0.3 is 40.8 Å². The number of alkyl carbamates (subject to hydrolysis) is 1. The minimum atomic E-state index is -1.54. The lowest BCUT2D eigenvalue weighted by Crippen LogP contribution is -2.64. The van der Waals surface area contributed by atoms with E-state index < -0.39 is 70.0 Å². The number of hydrogen-bond donors (Lipinski definition) is 5. The fourth-order valence-corrected chi connectivity index (χ4v) is 4.24. The summed E-state index contributed by atoms with van der Waals surface area (Å²) in [6.07, 6.45) is 0.351. The van der Waals surface area contributed by atoms with E-state index in [1.54, 1.807) is 20.8 Å². The number of carbonyl (C=O) groups is 6. The van der Waals surface area contributed by atoms with Gasteiger partial charge in [0, 0.05) is 6.54 Å². The number of nitrogens with zero attached hydrogens (tertiary/aromatic N) is 3. The Balaban J connectivity index is 2.51. The number of nitrogens with one attached hydrogen (secondary N) is 5. The molecule has 17 heteroatoms. The van der Waals surface area contributed by atoms with Crippen molar-refractivity contribution in [3.63, 3.8) is 0 Å². The lowest BCUT2D eigenvalue weighted by Gasteiger charge is -2.33. The molecule has 1 aliphatic rings. The molecule has 2 atom stereocenters. The Kier molecular flexibility index (Phi) is 12.3. The summed E-state index contributed by atoms with van der Waals surface area (Å²) < 4.78 is 17.0. The van der Waals surface area contributed by atoms with Crippen LogP contribution in [-0.2, 0) is 44.8 Å². The van der Waals surface area contributed by atoms with Gasteiger partial charge in [0.05, 0.1) is 26.5 Å². The first-order valence-electron chi connectivity index (χ1n) is 14.9. The molecule has 0 saturated heterocycles. The summed E-state index contributed by atoms with van der Waals surface area (Å²) in [7, 11) is 1.19. The molecule has 2 heterocycles. The van der Waals surface area contributed by atoms with Gasteiger partial charge in [0.1, 0.15) is 40.0 Å². The van der Waals surface area contributed by atoms with Crippen LogP contribution in [0.4, 0.5) is 4.79 Å². The molecule has 2 rings (SSSR count). The standard InChI is InChI=1S/C29H48N8O9/c1-26(2,3)46-25(43)31-18-11-12-19(21(39)33-29(8,9)24(42)44-10)37-15-17(35-36-37)16-45-14-13-30-22(40)27(4,5)34-23(41)28(6,7)32-20(18)38/h15,18-19H,11-14,16H2,1-10H3,(H,30,40)(H,31,43)(H,32,38)(H,33,39)(H,34,41)/t18-,19?/m0/s1. The van der Waals surface area contributed by atoms with Gasteiger partial charge in [0.25, 0.3) is 0 Å². The predicted molar refractivity (Wildman–Crippen MR) is 163 cm³/mol. The normalized spacial score (nSPS) is 21.6. The second kappa shape index (κ2) is 14.9. The lowest BCUT2D eigenvalue weighted by molar-refractivity contribution is -0.149. The molecule has 1 aromatic rings. The topological polar surface area (TPSA) is 221 Å². The number of fused-ring (bicyclic) bond motifs is 2. The Labute approximate surface area is 268 Å². The van der Waals surface area contributed by atoms with Crippen LogP contribution in [0.2, 0.25) is 0 Å². The summed E-state index contributed by atoms with van der Waals surface area (Å²) in [5.41, 5.74) is -4.83. The summed E-state index contributed by atoms with van der Waals surface area (Å²) in [6, 6.07) is -2.41. The van der Waals surface area contributed by atoms with E-state index in [4.69, 9.17) is 14.2 Å². The molecule has 0 saturated carbocycles. The molecule has 0 fully saturated rings. The van der Waals surface area contributed by atoms with Crippen LogP contribution in [0.15, 0.2) is 6.20 Å². The molecule has 17 nitrogen and oxygen atoms in total. The van der Waals surface area contributed by atoms with Crippen molar-refractivity contribution in [2.24, 2.45) is 0 Å². The van der Waals surface area contributed by atoms with E-state index in [9.17, 15) is 28.8 Å². The van der Waals surface area contributed by atoms with E-state index in [0.717, 1.165) is 0 Å². The van der Waals surface area contributed by atoms with Crippen molar-refractivity contribution in [1.29, 1.82) is 0 Å². The monoisotopic (exact) mass is 652 g/mol. The third-order valence-corrected chi connectivity index (χ3v) is 6.83. The van der Waals surface area contributed by atoms with Crippen LogP contribution in [0.5, 0.6) is 0 Å². The number of amides is 5. The number of hydrogen-bond acceptors (Lipinski definition) is 11. The van der Waals surface area contributed by atoms with E-state index in [1.807, 2.05) is 0 Å². The average molecular weight is 653 g/mol. The van der Waals surface area contributed by atoms with Crippen molar-refractivity contribution in [2.75, 3.05) is 20.3 Å². The predicted octanol–water partition coefficient (Wildman–Crippen LogP) is -0.00350. The number of ether oxygens (including phenoxy) is 3. The Morgan fingerprint density at radius 2 is 1.63 bits per heavy atom. The van der Waals surface area contributed by atoms with Gasteiger partial charge in [-0.05, 0) is 75.2 Å². The molecule has 0 spiro atoms. The first-order valence-corrected chi connectivity index (χ1v) is 14.9. The summed E-state index contributed by atoms with van der Waals surface area (Å²) in [5, 5.41) is 21.3. The molecule has 0 radical (unpaired) electrons. The van der Waals surface area contributed by atoms with Gasteiger partial charge in [0.2, 0.25) is 23.6 Å². The van der Waals surface area contributed by atoms with Crippen LogP contribution in [0, 0.1) is 0 Å². The van der Waals surface area contributed by atoms with Crippen molar-refractivity contribution in [2.45, 2.75) is 116 Å². The molecular formula is C29H48N8O9. The van der Waals surface area contributed by atoms with E-state index in [1.165, 1.54) is 59.5 Å². The molecule has 1 aromatic heterocycles. The Bertz CT molecular complexity index is 1300. The zero-order valence-corrected chi connectivity index (χ0v) is 28.3. The number of esters is 1. The zero-order valence-electron chi connectivity index (χ0n) is 28.3. The van der Waals surface area contributed by atoms with Gasteiger partial charge in [0.15, 0.2) is 0 Å². The molecule has 5 N–H and O–H groups in total. The smallest absolute Gasteiger partial charge is 0.408 e. The third-order valence-electron chi connectivity index (χ3n) is 6.83. The summed E-state index contributed by atoms with van der Waals surface area (Å²) >= 11 is 0. The van der Waals surface area contributed by atoms with Gasteiger partial charge in [-0.2, -0.15) is 0 Å². The molecule has 5 amide bonds. The summed E-state index contributed by atoms with van der Waals surface area (Å²) in [6.45, 7) is 14.0. The van der Waals surface area contributed by atoms with Crippen LogP contribution in [0.3, 0.4) is 0 Å². The molecule has 1 aliphatic heterocycles. The van der Waals surface area contributed by atoms with Gasteiger partial charge >= 0.3 is 12.1 Å². The second-order valence-electron chi connectivity index (χ2n) is 13.6. The van der Waals surface area contributed by atoms with Crippen LogP contribution in [0.1, 0.15) is 86.9 Å². The first-order chi connectivity index (χ1) is 21.1. The zero-order chi connectivity index (χ0) is 35.1. The van der Waals surface area contributed by atoms with Gasteiger partial charge in [-0.15, -0.1) is 5.10 Å². The minimum Gasteiger partial charge on any atom is -0.467 e. The number of rotatable bonds is 4. The Hall–Kier alpha value is -4.28. The highest BCUT2D eigenvalue weighted by Gasteiger charge is 2.39. The number of carbonyl (C=O) groups excluding carboxylic acids is 6. The Morgan fingerprint density at radius 1 is 1.00 bits per heavy atom. The maximum absolute atomic E-state index is 13.6. The molecular weight excluding hydrogens is 604 g/mol. The first kappa shape index (κ1) is 37.9. The van der Waals surface area contributed by atoms with E-state index >= 15 is 0 Å². The SMILES string of the molecule is COC(=O)C(C)(C)NC(=O)C1CC[C@H](NC(=O)OC(C)(C)C)C(=O)NC(C)(C)C(=O)NC(C)(C)C(=O)NCCOCc2cn1nn2. The van der Waals surface area contributed by atoms with E-state index in [2.05, 4.69) is 36.9 Å². The summed E-state index contributed by atoms with van der Waals surface area (Å²) in [5.74, 6) is -3.23. The van der Waals surface area contributed by atoms with Crippen molar-refractivity contribution in [1.82, 2.24) is 41.6 Å². The fraction of sp³-hybridized carbons (Fsp3) is 0.724. The van der Waals surface area contributed by atoms with Gasteiger partial charge in [-0.25, -0.2) is 14.3 Å². The highest BCUT2D eigenvalue weighted by Crippen LogP contribution is 2.20. The average Bonchev–Trinajstić information content (AvgIpc) is 3.37. The van der Waals surface area contributed by atoms with E-state index in [0.29, 0.717) is 5.69 Å². The van der Waals surface area contributed by atoms with Crippen molar-refractivity contribution >= 4 is 35.7 Å². The van der Waals surface area contributed by atoms with Crippen molar-refractivity contribution in [3.8, 4) is 0 Å². The van der Waals surface area contributed by atoms with Crippen LogP contribution < -0.4 is 26.6 Å². The van der Waals surface area contributed by atoms with Crippen LogP contribution >= 0.6 is 0 Å². The third kappa shape index (κ3) is 11.0. The quantitative estimate of drug-likeness (QED) is 0.272. The maximum atomic E-state index is 13.6. The lowest BCUT2D eigenvalue weighted by atomic mass is 9.97. The largest absolute Gasteiger partial charge is 0.467 e. The molecule has 0 aliphatic carbocycles. The van der Waals surface area contributed by atoms with Crippen LogP contribution in [0.25, 0.3) is 0 Å². The fourth-order valence-electron chi connectivity index (χ4n) is 4.24. The van der Waals surface area contributed by atoms with Crippen molar-refractivity contribution < 1.29 is 43.0 Å². The second-order valence-corrected chi connectivity index (χ2v) is 13.6.